The fourth-order valence-corrected chi connectivity index (χ4v) is 2.59. The highest BCUT2D eigenvalue weighted by molar-refractivity contribution is 5.90. The van der Waals surface area contributed by atoms with Gasteiger partial charge in [-0.2, -0.15) is 5.26 Å². The topological polar surface area (TPSA) is 83.4 Å². The molecular weight excluding hydrogens is 366 g/mol. The molecule has 0 unspecified atom stereocenters. The van der Waals surface area contributed by atoms with Crippen molar-refractivity contribution in [3.05, 3.63) is 59.7 Å². The van der Waals surface area contributed by atoms with Crippen LogP contribution in [0.1, 0.15) is 31.4 Å². The second-order valence-corrected chi connectivity index (χ2v) is 7.13. The molecule has 2 amide bonds. The fourth-order valence-electron chi connectivity index (χ4n) is 2.59. The van der Waals surface area contributed by atoms with Crippen LogP contribution < -0.4 is 15.4 Å². The van der Waals surface area contributed by atoms with Gasteiger partial charge in [-0.05, 0) is 36.1 Å². The quantitative estimate of drug-likeness (QED) is 0.548. The third-order valence-electron chi connectivity index (χ3n) is 4.07. The number of carbonyl (C=O) groups is 1. The maximum absolute atomic E-state index is 12.1. The van der Waals surface area contributed by atoms with Crippen molar-refractivity contribution in [3.63, 3.8) is 0 Å². The van der Waals surface area contributed by atoms with Crippen molar-refractivity contribution in [2.45, 2.75) is 33.3 Å². The first-order valence-corrected chi connectivity index (χ1v) is 9.87. The first kappa shape index (κ1) is 22.3. The number of nitriles is 1. The molecule has 0 bridgehead atoms. The van der Waals surface area contributed by atoms with Crippen LogP contribution in [0.4, 0.5) is 10.5 Å². The van der Waals surface area contributed by atoms with Crippen LogP contribution in [0, 0.1) is 17.2 Å². The number of amides is 2. The smallest absolute Gasteiger partial charge is 0.319 e. The number of rotatable bonds is 11. The molecule has 2 rings (SSSR count). The molecule has 0 heterocycles. The molecule has 0 saturated heterocycles. The van der Waals surface area contributed by atoms with Gasteiger partial charge in [0.15, 0.2) is 0 Å². The zero-order chi connectivity index (χ0) is 20.9. The number of anilines is 1. The van der Waals surface area contributed by atoms with Gasteiger partial charge < -0.3 is 20.1 Å². The lowest BCUT2D eigenvalue weighted by Crippen LogP contribution is -2.30. The van der Waals surface area contributed by atoms with Gasteiger partial charge in [0, 0.05) is 31.0 Å². The second-order valence-electron chi connectivity index (χ2n) is 7.13. The van der Waals surface area contributed by atoms with Crippen molar-refractivity contribution in [1.82, 2.24) is 5.32 Å². The van der Waals surface area contributed by atoms with Crippen LogP contribution in [-0.4, -0.2) is 25.8 Å². The normalized spacial score (nSPS) is 10.4. The Kier molecular flexibility index (Phi) is 9.53. The molecule has 0 saturated carbocycles. The lowest BCUT2D eigenvalue weighted by Gasteiger charge is -2.13. The highest BCUT2D eigenvalue weighted by atomic mass is 16.5. The van der Waals surface area contributed by atoms with Crippen LogP contribution in [0.25, 0.3) is 0 Å². The molecule has 0 atom stereocenters. The minimum atomic E-state index is -0.248. The van der Waals surface area contributed by atoms with Gasteiger partial charge in [-0.15, -0.1) is 0 Å². The van der Waals surface area contributed by atoms with Crippen LogP contribution in [-0.2, 0) is 17.8 Å². The Labute approximate surface area is 172 Å². The number of para-hydroxylation sites is 1. The maximum Gasteiger partial charge on any atom is 0.319 e. The summed E-state index contributed by atoms with van der Waals surface area (Å²) in [5.74, 6) is 1.23. The van der Waals surface area contributed by atoms with E-state index in [-0.39, 0.29) is 6.03 Å². The van der Waals surface area contributed by atoms with Gasteiger partial charge >= 0.3 is 6.03 Å². The van der Waals surface area contributed by atoms with E-state index in [9.17, 15) is 4.79 Å². The Balaban J connectivity index is 1.79. The summed E-state index contributed by atoms with van der Waals surface area (Å²) < 4.78 is 11.3. The molecule has 0 spiro atoms. The van der Waals surface area contributed by atoms with Gasteiger partial charge in [0.1, 0.15) is 12.4 Å². The molecule has 0 aliphatic rings. The number of benzene rings is 2. The first-order valence-electron chi connectivity index (χ1n) is 9.87. The predicted molar refractivity (Wildman–Crippen MR) is 114 cm³/mol. The fraction of sp³-hybridized carbons (Fsp3) is 0.391. The highest BCUT2D eigenvalue weighted by Crippen LogP contribution is 2.19. The maximum atomic E-state index is 12.1. The molecule has 154 valence electrons. The van der Waals surface area contributed by atoms with Crippen molar-refractivity contribution >= 4 is 11.7 Å². The Bertz CT molecular complexity index is 798. The van der Waals surface area contributed by atoms with Crippen LogP contribution in [0.15, 0.2) is 48.5 Å². The number of hydrogen-bond donors (Lipinski definition) is 2. The van der Waals surface area contributed by atoms with E-state index in [0.29, 0.717) is 43.5 Å². The first-order chi connectivity index (χ1) is 14.1. The average Bonchev–Trinajstić information content (AvgIpc) is 2.71. The van der Waals surface area contributed by atoms with Crippen LogP contribution in [0.5, 0.6) is 5.75 Å². The second kappa shape index (κ2) is 12.4. The highest BCUT2D eigenvalue weighted by Gasteiger charge is 2.07. The van der Waals surface area contributed by atoms with Crippen LogP contribution >= 0.6 is 0 Å². The average molecular weight is 396 g/mol. The van der Waals surface area contributed by atoms with E-state index in [4.69, 9.17) is 14.7 Å². The number of hydrogen-bond acceptors (Lipinski definition) is 4. The molecule has 0 radical (unpaired) electrons. The SMILES string of the molecule is CC(C)COCCCNC(=O)Nc1ccccc1COc1ccc(CC#N)cc1. The number of ether oxygens (including phenoxy) is 2. The summed E-state index contributed by atoms with van der Waals surface area (Å²) in [6, 6.07) is 16.9. The van der Waals surface area contributed by atoms with Crippen molar-refractivity contribution in [3.8, 4) is 11.8 Å². The summed E-state index contributed by atoms with van der Waals surface area (Å²) in [5, 5.41) is 14.4. The minimum Gasteiger partial charge on any atom is -0.489 e. The van der Waals surface area contributed by atoms with E-state index < -0.39 is 0 Å². The van der Waals surface area contributed by atoms with Gasteiger partial charge in [0.2, 0.25) is 0 Å². The van der Waals surface area contributed by atoms with E-state index in [0.717, 1.165) is 24.2 Å². The van der Waals surface area contributed by atoms with E-state index in [1.54, 1.807) is 0 Å². The number of carbonyl (C=O) groups excluding carboxylic acids is 1. The lowest BCUT2D eigenvalue weighted by atomic mass is 10.1. The van der Waals surface area contributed by atoms with Crippen molar-refractivity contribution in [1.29, 1.82) is 5.26 Å². The Morgan fingerprint density at radius 3 is 2.62 bits per heavy atom. The third-order valence-corrected chi connectivity index (χ3v) is 4.07. The van der Waals surface area contributed by atoms with E-state index in [1.165, 1.54) is 0 Å². The van der Waals surface area contributed by atoms with Crippen molar-refractivity contribution < 1.29 is 14.3 Å². The van der Waals surface area contributed by atoms with Crippen LogP contribution in [0.2, 0.25) is 0 Å². The summed E-state index contributed by atoms with van der Waals surface area (Å²) in [7, 11) is 0. The van der Waals surface area contributed by atoms with E-state index in [1.807, 2.05) is 48.5 Å². The molecule has 0 aliphatic heterocycles. The number of urea groups is 1. The lowest BCUT2D eigenvalue weighted by molar-refractivity contribution is 0.108. The van der Waals surface area contributed by atoms with Crippen LogP contribution in [0.3, 0.4) is 0 Å². The van der Waals surface area contributed by atoms with E-state index >= 15 is 0 Å². The van der Waals surface area contributed by atoms with Gasteiger partial charge in [-0.25, -0.2) is 4.79 Å². The molecule has 0 aromatic heterocycles. The zero-order valence-corrected chi connectivity index (χ0v) is 17.1. The Morgan fingerprint density at radius 2 is 1.90 bits per heavy atom. The van der Waals surface area contributed by atoms with Crippen molar-refractivity contribution in [2.75, 3.05) is 25.1 Å². The monoisotopic (exact) mass is 395 g/mol. The molecule has 2 aromatic carbocycles. The zero-order valence-electron chi connectivity index (χ0n) is 17.1. The standard InChI is InChI=1S/C23H29N3O3/c1-18(2)16-28-15-5-14-25-23(27)26-22-7-4-3-6-20(22)17-29-21-10-8-19(9-11-21)12-13-24/h3-4,6-11,18H,5,12,14-17H2,1-2H3,(H2,25,26,27). The molecular formula is C23H29N3O3. The number of nitrogens with one attached hydrogen (secondary N) is 2. The molecule has 6 heteroatoms. The van der Waals surface area contributed by atoms with Gasteiger partial charge in [-0.1, -0.05) is 44.2 Å². The minimum absolute atomic E-state index is 0.248. The summed E-state index contributed by atoms with van der Waals surface area (Å²) in [5.41, 5.74) is 2.54. The molecule has 2 N–H and O–H groups in total. The van der Waals surface area contributed by atoms with Gasteiger partial charge in [0.25, 0.3) is 0 Å². The Hall–Kier alpha value is -3.04. The third kappa shape index (κ3) is 8.67. The van der Waals surface area contributed by atoms with Gasteiger partial charge in [-0.3, -0.25) is 0 Å². The molecule has 0 fully saturated rings. The number of nitrogens with zero attached hydrogens (tertiary/aromatic N) is 1. The largest absolute Gasteiger partial charge is 0.489 e. The molecule has 29 heavy (non-hydrogen) atoms. The van der Waals surface area contributed by atoms with Crippen molar-refractivity contribution in [2.24, 2.45) is 5.92 Å². The molecule has 6 nitrogen and oxygen atoms in total. The molecule has 2 aromatic rings. The molecule has 0 aliphatic carbocycles. The van der Waals surface area contributed by atoms with E-state index in [2.05, 4.69) is 30.6 Å². The van der Waals surface area contributed by atoms with Gasteiger partial charge in [0.05, 0.1) is 12.5 Å². The predicted octanol–water partition coefficient (Wildman–Crippen LogP) is 4.52. The summed E-state index contributed by atoms with van der Waals surface area (Å²) in [6.45, 7) is 6.47. The summed E-state index contributed by atoms with van der Waals surface area (Å²) >= 11 is 0. The Morgan fingerprint density at radius 1 is 1.14 bits per heavy atom. The summed E-state index contributed by atoms with van der Waals surface area (Å²) in [4.78, 5) is 12.1. The summed E-state index contributed by atoms with van der Waals surface area (Å²) in [6.07, 6.45) is 1.15.